The number of nitrogens with one attached hydrogen (secondary N) is 2. The van der Waals surface area contributed by atoms with Crippen LogP contribution in [0.15, 0.2) is 23.2 Å². The summed E-state index contributed by atoms with van der Waals surface area (Å²) in [6.07, 6.45) is 5.23. The second-order valence-electron chi connectivity index (χ2n) is 3.60. The summed E-state index contributed by atoms with van der Waals surface area (Å²) >= 11 is 3.38. The molecule has 0 radical (unpaired) electrons. The summed E-state index contributed by atoms with van der Waals surface area (Å²) in [5.41, 5.74) is 1.11. The maximum atomic E-state index is 4.39. The third-order valence-electron chi connectivity index (χ3n) is 2.31. The molecule has 0 aliphatic carbocycles. The van der Waals surface area contributed by atoms with Gasteiger partial charge < -0.3 is 10.3 Å². The van der Waals surface area contributed by atoms with Gasteiger partial charge in [0.25, 0.3) is 0 Å². The molecule has 0 atom stereocenters. The average Bonchev–Trinajstić information content (AvgIpc) is 2.81. The van der Waals surface area contributed by atoms with Crippen LogP contribution in [-0.2, 0) is 12.8 Å². The van der Waals surface area contributed by atoms with E-state index >= 15 is 0 Å². The van der Waals surface area contributed by atoms with Crippen LogP contribution in [0, 0.1) is 0 Å². The summed E-state index contributed by atoms with van der Waals surface area (Å²) in [4.78, 5) is 15.7. The van der Waals surface area contributed by atoms with Crippen LogP contribution in [0.25, 0.3) is 0 Å². The van der Waals surface area contributed by atoms with E-state index in [1.54, 1.807) is 6.33 Å². The predicted octanol–water partition coefficient (Wildman–Crippen LogP) is 2.18. The number of aromatic nitrogens is 4. The predicted molar refractivity (Wildman–Crippen MR) is 69.9 cm³/mol. The van der Waals surface area contributed by atoms with Crippen LogP contribution in [0.3, 0.4) is 0 Å². The number of rotatable bonds is 5. The van der Waals surface area contributed by atoms with Crippen molar-refractivity contribution in [3.05, 3.63) is 34.7 Å². The monoisotopic (exact) mass is 295 g/mol. The van der Waals surface area contributed by atoms with Crippen molar-refractivity contribution in [3.63, 3.8) is 0 Å². The first-order valence-corrected chi connectivity index (χ1v) is 6.32. The van der Waals surface area contributed by atoms with Crippen molar-refractivity contribution in [2.45, 2.75) is 19.8 Å². The number of imidazole rings is 1. The molecule has 0 spiro atoms. The van der Waals surface area contributed by atoms with Crippen LogP contribution in [0.5, 0.6) is 0 Å². The number of nitrogens with zero attached hydrogens (tertiary/aromatic N) is 3. The molecule has 0 bridgehead atoms. The third-order valence-corrected chi connectivity index (χ3v) is 2.72. The van der Waals surface area contributed by atoms with Crippen LogP contribution in [0.2, 0.25) is 0 Å². The minimum absolute atomic E-state index is 0.813. The van der Waals surface area contributed by atoms with Gasteiger partial charge in [-0.2, -0.15) is 0 Å². The number of halogens is 1. The Morgan fingerprint density at radius 1 is 1.41 bits per heavy atom. The molecule has 0 aliphatic rings. The molecule has 6 heteroatoms. The molecule has 17 heavy (non-hydrogen) atoms. The summed E-state index contributed by atoms with van der Waals surface area (Å²) < 4.78 is 0.813. The quantitative estimate of drug-likeness (QED) is 0.830. The Balaban J connectivity index is 1.92. The molecular weight excluding hydrogens is 282 g/mol. The summed E-state index contributed by atoms with van der Waals surface area (Å²) in [5.74, 6) is 1.69. The lowest BCUT2D eigenvalue weighted by atomic mass is 10.3. The van der Waals surface area contributed by atoms with Gasteiger partial charge in [0.05, 0.1) is 6.33 Å². The summed E-state index contributed by atoms with van der Waals surface area (Å²) in [5, 5.41) is 3.27. The van der Waals surface area contributed by atoms with Gasteiger partial charge in [0.15, 0.2) is 0 Å². The molecular formula is C11H14BrN5. The molecule has 90 valence electrons. The summed E-state index contributed by atoms with van der Waals surface area (Å²) in [6.45, 7) is 2.85. The van der Waals surface area contributed by atoms with Crippen molar-refractivity contribution in [2.24, 2.45) is 0 Å². The molecule has 2 N–H and O–H groups in total. The highest BCUT2D eigenvalue weighted by Gasteiger charge is 2.01. The van der Waals surface area contributed by atoms with E-state index in [4.69, 9.17) is 0 Å². The van der Waals surface area contributed by atoms with E-state index in [0.29, 0.717) is 0 Å². The van der Waals surface area contributed by atoms with Gasteiger partial charge in [0.2, 0.25) is 0 Å². The first kappa shape index (κ1) is 12.0. The summed E-state index contributed by atoms with van der Waals surface area (Å²) in [6, 6.07) is 1.88. The second-order valence-corrected chi connectivity index (χ2v) is 4.41. The molecule has 0 aliphatic heterocycles. The zero-order chi connectivity index (χ0) is 12.1. The molecule has 0 amide bonds. The SMILES string of the molecule is CCc1nc(Br)cc(NCCc2cnc[nH]2)n1. The topological polar surface area (TPSA) is 66.5 Å². The molecule has 2 aromatic rings. The molecule has 2 aromatic heterocycles. The number of aromatic amines is 1. The lowest BCUT2D eigenvalue weighted by Gasteiger charge is -2.06. The number of H-pyrrole nitrogens is 1. The number of hydrogen-bond donors (Lipinski definition) is 2. The molecule has 5 nitrogen and oxygen atoms in total. The van der Waals surface area contributed by atoms with E-state index in [-0.39, 0.29) is 0 Å². The lowest BCUT2D eigenvalue weighted by Crippen LogP contribution is -2.08. The van der Waals surface area contributed by atoms with Gasteiger partial charge in [-0.05, 0) is 15.9 Å². The van der Waals surface area contributed by atoms with Crippen molar-refractivity contribution in [1.82, 2.24) is 19.9 Å². The van der Waals surface area contributed by atoms with E-state index in [1.807, 2.05) is 19.2 Å². The minimum atomic E-state index is 0.813. The fourth-order valence-electron chi connectivity index (χ4n) is 1.46. The number of anilines is 1. The first-order valence-electron chi connectivity index (χ1n) is 5.52. The molecule has 0 saturated heterocycles. The van der Waals surface area contributed by atoms with Crippen molar-refractivity contribution in [1.29, 1.82) is 0 Å². The van der Waals surface area contributed by atoms with Crippen molar-refractivity contribution in [3.8, 4) is 0 Å². The third kappa shape index (κ3) is 3.52. The van der Waals surface area contributed by atoms with Crippen LogP contribution in [0.4, 0.5) is 5.82 Å². The Morgan fingerprint density at radius 3 is 3.00 bits per heavy atom. The zero-order valence-corrected chi connectivity index (χ0v) is 11.2. The van der Waals surface area contributed by atoms with E-state index < -0.39 is 0 Å². The van der Waals surface area contributed by atoms with Crippen LogP contribution in [0.1, 0.15) is 18.4 Å². The van der Waals surface area contributed by atoms with Crippen LogP contribution >= 0.6 is 15.9 Å². The van der Waals surface area contributed by atoms with Crippen molar-refractivity contribution >= 4 is 21.7 Å². The molecule has 2 rings (SSSR count). The Labute approximate surface area is 108 Å². The smallest absolute Gasteiger partial charge is 0.131 e. The van der Waals surface area contributed by atoms with Crippen molar-refractivity contribution < 1.29 is 0 Å². The van der Waals surface area contributed by atoms with E-state index in [9.17, 15) is 0 Å². The standard InChI is InChI=1S/C11H14BrN5/c1-2-10-16-9(12)5-11(17-10)14-4-3-8-6-13-7-15-8/h5-7H,2-4H2,1H3,(H,13,15)(H,14,16,17). The largest absolute Gasteiger partial charge is 0.370 e. The summed E-state index contributed by atoms with van der Waals surface area (Å²) in [7, 11) is 0. The van der Waals surface area contributed by atoms with Gasteiger partial charge in [0, 0.05) is 37.3 Å². The fraction of sp³-hybridized carbons (Fsp3) is 0.364. The minimum Gasteiger partial charge on any atom is -0.370 e. The maximum absolute atomic E-state index is 4.39. The number of hydrogen-bond acceptors (Lipinski definition) is 4. The van der Waals surface area contributed by atoms with Crippen molar-refractivity contribution in [2.75, 3.05) is 11.9 Å². The Kier molecular flexibility index (Phi) is 4.08. The van der Waals surface area contributed by atoms with Crippen LogP contribution in [-0.4, -0.2) is 26.5 Å². The maximum Gasteiger partial charge on any atom is 0.131 e. The highest BCUT2D eigenvalue weighted by molar-refractivity contribution is 9.10. The van der Waals surface area contributed by atoms with E-state index in [1.165, 1.54) is 0 Å². The Morgan fingerprint density at radius 2 is 2.29 bits per heavy atom. The van der Waals surface area contributed by atoms with E-state index in [2.05, 4.69) is 41.2 Å². The number of aryl methyl sites for hydroxylation is 1. The fourth-order valence-corrected chi connectivity index (χ4v) is 1.88. The molecule has 2 heterocycles. The van der Waals surface area contributed by atoms with Gasteiger partial charge in [0.1, 0.15) is 16.2 Å². The average molecular weight is 296 g/mol. The molecule has 0 saturated carbocycles. The highest BCUT2D eigenvalue weighted by Crippen LogP contribution is 2.12. The van der Waals surface area contributed by atoms with Gasteiger partial charge in [-0.1, -0.05) is 6.92 Å². The molecule has 0 aromatic carbocycles. The van der Waals surface area contributed by atoms with Gasteiger partial charge in [-0.15, -0.1) is 0 Å². The normalized spacial score (nSPS) is 10.5. The van der Waals surface area contributed by atoms with Gasteiger partial charge in [-0.25, -0.2) is 15.0 Å². The Bertz CT molecular complexity index is 469. The zero-order valence-electron chi connectivity index (χ0n) is 9.57. The molecule has 0 fully saturated rings. The van der Waals surface area contributed by atoms with Gasteiger partial charge >= 0.3 is 0 Å². The molecule has 0 unspecified atom stereocenters. The first-order chi connectivity index (χ1) is 8.28. The lowest BCUT2D eigenvalue weighted by molar-refractivity contribution is 0.910. The van der Waals surface area contributed by atoms with Crippen LogP contribution < -0.4 is 5.32 Å². The Hall–Kier alpha value is -1.43. The highest BCUT2D eigenvalue weighted by atomic mass is 79.9. The second kappa shape index (κ2) is 5.77. The van der Waals surface area contributed by atoms with Gasteiger partial charge in [-0.3, -0.25) is 0 Å². The van der Waals surface area contributed by atoms with E-state index in [0.717, 1.165) is 41.3 Å².